The second-order valence-corrected chi connectivity index (χ2v) is 11.0. The highest BCUT2D eigenvalue weighted by atomic mass is 32.2. The monoisotopic (exact) mass is 492 g/mol. The molecule has 1 aliphatic rings. The lowest BCUT2D eigenvalue weighted by Gasteiger charge is -2.26. The third-order valence-corrected chi connectivity index (χ3v) is 7.76. The Morgan fingerprint density at radius 1 is 1.00 bits per heavy atom. The van der Waals surface area contributed by atoms with E-state index in [4.69, 9.17) is 10.9 Å². The first-order valence-electron chi connectivity index (χ1n) is 11.3. The molecule has 0 saturated carbocycles. The van der Waals surface area contributed by atoms with Gasteiger partial charge in [-0.1, -0.05) is 41.6 Å². The molecule has 0 aromatic heterocycles. The lowest BCUT2D eigenvalue weighted by molar-refractivity contribution is 0.102. The Hall–Kier alpha value is -3.69. The van der Waals surface area contributed by atoms with Crippen molar-refractivity contribution in [3.8, 4) is 11.1 Å². The first-order valence-corrected chi connectivity index (χ1v) is 13.1. The van der Waals surface area contributed by atoms with Gasteiger partial charge in [0.15, 0.2) is 15.7 Å². The van der Waals surface area contributed by atoms with Crippen molar-refractivity contribution in [1.29, 1.82) is 0 Å². The van der Waals surface area contributed by atoms with E-state index < -0.39 is 9.84 Å². The molecule has 1 heterocycles. The molecular weight excluding hydrogens is 464 g/mol. The van der Waals surface area contributed by atoms with Gasteiger partial charge in [0.1, 0.15) is 0 Å². The summed E-state index contributed by atoms with van der Waals surface area (Å²) in [4.78, 5) is 14.9. The van der Waals surface area contributed by atoms with Crippen LogP contribution in [-0.4, -0.2) is 54.9 Å². The molecular formula is C26H28N4O4S. The van der Waals surface area contributed by atoms with Crippen molar-refractivity contribution < 1.29 is 18.4 Å². The Bertz CT molecular complexity index is 1340. The molecule has 1 fully saturated rings. The number of anilines is 1. The zero-order valence-electron chi connectivity index (χ0n) is 19.4. The molecule has 182 valence electrons. The van der Waals surface area contributed by atoms with Crippen LogP contribution in [0.3, 0.4) is 0 Å². The summed E-state index contributed by atoms with van der Waals surface area (Å²) in [5.41, 5.74) is 11.5. The van der Waals surface area contributed by atoms with E-state index in [9.17, 15) is 13.2 Å². The van der Waals surface area contributed by atoms with Crippen LogP contribution in [0.4, 0.5) is 5.69 Å². The Morgan fingerprint density at radius 2 is 1.63 bits per heavy atom. The highest BCUT2D eigenvalue weighted by Gasteiger charge is 2.21. The fraction of sp³-hybridized carbons (Fsp3) is 0.231. The number of hydrogen-bond donors (Lipinski definition) is 3. The van der Waals surface area contributed by atoms with Crippen LogP contribution in [0, 0.1) is 6.92 Å². The molecule has 0 bridgehead atoms. The van der Waals surface area contributed by atoms with Gasteiger partial charge in [0.25, 0.3) is 5.91 Å². The summed E-state index contributed by atoms with van der Waals surface area (Å²) in [5.74, 6) is 0.232. The zero-order valence-corrected chi connectivity index (χ0v) is 20.3. The van der Waals surface area contributed by atoms with Crippen LogP contribution < -0.4 is 11.1 Å². The van der Waals surface area contributed by atoms with Gasteiger partial charge in [0.05, 0.1) is 11.5 Å². The van der Waals surface area contributed by atoms with Crippen LogP contribution in [0.1, 0.15) is 27.0 Å². The van der Waals surface area contributed by atoms with E-state index in [1.54, 1.807) is 18.2 Å². The van der Waals surface area contributed by atoms with Crippen molar-refractivity contribution in [1.82, 2.24) is 4.90 Å². The summed E-state index contributed by atoms with van der Waals surface area (Å²) in [6, 6.07) is 20.4. The molecule has 0 atom stereocenters. The van der Waals surface area contributed by atoms with Gasteiger partial charge in [0, 0.05) is 36.4 Å². The number of sulfone groups is 1. The summed E-state index contributed by atoms with van der Waals surface area (Å²) in [6.45, 7) is 3.75. The Morgan fingerprint density at radius 3 is 2.26 bits per heavy atom. The molecule has 8 nitrogen and oxygen atoms in total. The number of benzene rings is 3. The van der Waals surface area contributed by atoms with Crippen molar-refractivity contribution in [3.05, 3.63) is 89.0 Å². The molecule has 3 aromatic carbocycles. The van der Waals surface area contributed by atoms with E-state index >= 15 is 0 Å². The van der Waals surface area contributed by atoms with Gasteiger partial charge in [0.2, 0.25) is 0 Å². The molecule has 4 N–H and O–H groups in total. The predicted molar refractivity (Wildman–Crippen MR) is 137 cm³/mol. The molecule has 1 saturated heterocycles. The number of aryl methyl sites for hydroxylation is 1. The van der Waals surface area contributed by atoms with Crippen molar-refractivity contribution in [2.75, 3.05) is 29.9 Å². The molecule has 1 aliphatic heterocycles. The van der Waals surface area contributed by atoms with Gasteiger partial charge >= 0.3 is 0 Å². The summed E-state index contributed by atoms with van der Waals surface area (Å²) in [6.07, 6.45) is 0. The second-order valence-electron chi connectivity index (χ2n) is 8.67. The largest absolute Gasteiger partial charge is 0.409 e. The number of hydrogen-bond acceptors (Lipinski definition) is 6. The van der Waals surface area contributed by atoms with Crippen LogP contribution in [0.25, 0.3) is 11.1 Å². The fourth-order valence-electron chi connectivity index (χ4n) is 4.01. The van der Waals surface area contributed by atoms with Crippen molar-refractivity contribution in [3.63, 3.8) is 0 Å². The lowest BCUT2D eigenvalue weighted by atomic mass is 9.97. The maximum atomic E-state index is 12.7. The average Bonchev–Trinajstić information content (AvgIpc) is 2.86. The Kier molecular flexibility index (Phi) is 7.18. The van der Waals surface area contributed by atoms with Gasteiger partial charge in [-0.15, -0.1) is 0 Å². The molecule has 0 aliphatic carbocycles. The van der Waals surface area contributed by atoms with Crippen LogP contribution in [-0.2, 0) is 16.4 Å². The van der Waals surface area contributed by atoms with Crippen molar-refractivity contribution in [2.45, 2.75) is 13.5 Å². The molecule has 4 rings (SSSR count). The number of amides is 1. The van der Waals surface area contributed by atoms with Crippen LogP contribution in [0.15, 0.2) is 71.9 Å². The van der Waals surface area contributed by atoms with Gasteiger partial charge < -0.3 is 16.3 Å². The molecule has 3 aromatic rings. The van der Waals surface area contributed by atoms with Crippen LogP contribution >= 0.6 is 0 Å². The third kappa shape index (κ3) is 6.06. The average molecular weight is 493 g/mol. The molecule has 0 unspecified atom stereocenters. The second kappa shape index (κ2) is 10.3. The minimum atomic E-state index is -2.89. The van der Waals surface area contributed by atoms with Crippen LogP contribution in [0.5, 0.6) is 0 Å². The van der Waals surface area contributed by atoms with Crippen LogP contribution in [0.2, 0.25) is 0 Å². The highest BCUT2D eigenvalue weighted by molar-refractivity contribution is 7.91. The third-order valence-electron chi connectivity index (χ3n) is 6.15. The number of nitrogens with two attached hydrogens (primary N) is 1. The summed E-state index contributed by atoms with van der Waals surface area (Å²) < 4.78 is 23.2. The minimum Gasteiger partial charge on any atom is -0.409 e. The van der Waals surface area contributed by atoms with E-state index in [2.05, 4.69) is 15.4 Å². The van der Waals surface area contributed by atoms with E-state index in [-0.39, 0.29) is 23.2 Å². The topological polar surface area (TPSA) is 125 Å². The summed E-state index contributed by atoms with van der Waals surface area (Å²) >= 11 is 0. The first kappa shape index (κ1) is 24.4. The highest BCUT2D eigenvalue weighted by Crippen LogP contribution is 2.25. The molecule has 35 heavy (non-hydrogen) atoms. The van der Waals surface area contributed by atoms with E-state index in [1.165, 1.54) is 0 Å². The number of nitrogens with zero attached hydrogens (tertiary/aromatic N) is 2. The number of rotatable bonds is 6. The molecule has 0 radical (unpaired) electrons. The normalized spacial score (nSPS) is 16.1. The number of carbonyl (C=O) groups excluding carboxylic acids is 1. The maximum Gasteiger partial charge on any atom is 0.255 e. The van der Waals surface area contributed by atoms with Gasteiger partial charge in [-0.25, -0.2) is 8.42 Å². The van der Waals surface area contributed by atoms with Gasteiger partial charge in [-0.3, -0.25) is 9.69 Å². The molecule has 9 heteroatoms. The Balaban J connectivity index is 1.39. The quantitative estimate of drug-likeness (QED) is 0.210. The first-order chi connectivity index (χ1) is 16.7. The fourth-order valence-corrected chi connectivity index (χ4v) is 5.29. The van der Waals surface area contributed by atoms with Crippen molar-refractivity contribution in [2.24, 2.45) is 10.9 Å². The smallest absolute Gasteiger partial charge is 0.255 e. The van der Waals surface area contributed by atoms with Gasteiger partial charge in [-0.2, -0.15) is 0 Å². The van der Waals surface area contributed by atoms with E-state index in [1.807, 2.05) is 55.5 Å². The number of amidine groups is 1. The predicted octanol–water partition coefficient (Wildman–Crippen LogP) is 3.24. The number of carbonyl (C=O) groups is 1. The molecule has 0 spiro atoms. The lowest BCUT2D eigenvalue weighted by Crippen LogP contribution is -2.39. The van der Waals surface area contributed by atoms with Gasteiger partial charge in [-0.05, 0) is 59.5 Å². The zero-order chi connectivity index (χ0) is 25.0. The SMILES string of the molecule is Cc1ccc(/C(N)=N/O)cc1-c1ccc(C(=O)Nc2ccc(CN3CCS(=O)(=O)CC3)cc2)cc1. The van der Waals surface area contributed by atoms with E-state index in [0.29, 0.717) is 36.4 Å². The summed E-state index contributed by atoms with van der Waals surface area (Å²) in [7, 11) is -2.89. The standard InChI is InChI=1S/C26H28N4O4S/c1-18-2-5-22(25(27)29-32)16-24(18)20-6-8-21(9-7-20)26(31)28-23-10-3-19(4-11-23)17-30-12-14-35(33,34)15-13-30/h2-11,16,32H,12-15,17H2,1H3,(H2,27,29)(H,28,31). The summed E-state index contributed by atoms with van der Waals surface area (Å²) in [5, 5.41) is 14.9. The minimum absolute atomic E-state index is 0.0390. The van der Waals surface area contributed by atoms with E-state index in [0.717, 1.165) is 22.3 Å². The molecule has 1 amide bonds. The maximum absolute atomic E-state index is 12.7. The Labute approximate surface area is 205 Å². The number of oxime groups is 1. The number of nitrogens with one attached hydrogen (secondary N) is 1. The van der Waals surface area contributed by atoms with Crippen molar-refractivity contribution >= 4 is 27.3 Å².